The first kappa shape index (κ1) is 7.99. The number of hydrogen-bond acceptors (Lipinski definition) is 1. The standard InChI is InChI=1S/C8H16FN/c1-7(6-9)2-3-8(10)4-5-8/h7H,2-6,10H2,1H3. The third kappa shape index (κ3) is 2.25. The largest absolute Gasteiger partial charge is 0.325 e. The molecular weight excluding hydrogens is 129 g/mol. The molecule has 0 aromatic heterocycles. The summed E-state index contributed by atoms with van der Waals surface area (Å²) in [4.78, 5) is 0. The van der Waals surface area contributed by atoms with E-state index in [1.807, 2.05) is 6.92 Å². The molecule has 2 N–H and O–H groups in total. The molecule has 1 aliphatic rings. The second-order valence-electron chi connectivity index (χ2n) is 3.66. The second kappa shape index (κ2) is 2.87. The SMILES string of the molecule is CC(CF)CCC1(N)CC1. The van der Waals surface area contributed by atoms with E-state index in [-0.39, 0.29) is 18.1 Å². The average molecular weight is 145 g/mol. The summed E-state index contributed by atoms with van der Waals surface area (Å²) in [6.45, 7) is 1.74. The lowest BCUT2D eigenvalue weighted by atomic mass is 10.0. The zero-order valence-corrected chi connectivity index (χ0v) is 6.57. The Morgan fingerprint density at radius 2 is 2.20 bits per heavy atom. The highest BCUT2D eigenvalue weighted by atomic mass is 19.1. The van der Waals surface area contributed by atoms with Gasteiger partial charge in [-0.05, 0) is 31.6 Å². The molecule has 0 aromatic rings. The lowest BCUT2D eigenvalue weighted by molar-refractivity contribution is 0.347. The topological polar surface area (TPSA) is 26.0 Å². The fourth-order valence-corrected chi connectivity index (χ4v) is 1.02. The van der Waals surface area contributed by atoms with Crippen LogP contribution in [0.5, 0.6) is 0 Å². The van der Waals surface area contributed by atoms with Crippen LogP contribution in [0.2, 0.25) is 0 Å². The van der Waals surface area contributed by atoms with Crippen molar-refractivity contribution < 1.29 is 4.39 Å². The summed E-state index contributed by atoms with van der Waals surface area (Å²) in [5, 5.41) is 0. The van der Waals surface area contributed by atoms with Crippen LogP contribution >= 0.6 is 0 Å². The normalized spacial score (nSPS) is 24.3. The summed E-state index contributed by atoms with van der Waals surface area (Å²) in [5.41, 5.74) is 5.94. The molecule has 0 aliphatic heterocycles. The Hall–Kier alpha value is -0.110. The van der Waals surface area contributed by atoms with Crippen molar-refractivity contribution in [2.75, 3.05) is 6.67 Å². The fourth-order valence-electron chi connectivity index (χ4n) is 1.02. The third-order valence-corrected chi connectivity index (χ3v) is 2.29. The van der Waals surface area contributed by atoms with Gasteiger partial charge in [-0.15, -0.1) is 0 Å². The number of halogens is 1. The van der Waals surface area contributed by atoms with Crippen LogP contribution in [0, 0.1) is 5.92 Å². The molecular formula is C8H16FN. The Bertz CT molecular complexity index is 110. The molecule has 1 saturated carbocycles. The van der Waals surface area contributed by atoms with Crippen LogP contribution in [0.4, 0.5) is 4.39 Å². The van der Waals surface area contributed by atoms with E-state index in [1.165, 1.54) is 0 Å². The molecule has 0 saturated heterocycles. The van der Waals surface area contributed by atoms with E-state index in [4.69, 9.17) is 5.73 Å². The van der Waals surface area contributed by atoms with E-state index in [2.05, 4.69) is 0 Å². The van der Waals surface area contributed by atoms with Crippen LogP contribution in [0.1, 0.15) is 32.6 Å². The van der Waals surface area contributed by atoms with Gasteiger partial charge in [0.05, 0.1) is 6.67 Å². The molecule has 0 heterocycles. The first-order valence-corrected chi connectivity index (χ1v) is 4.01. The van der Waals surface area contributed by atoms with Crippen molar-refractivity contribution in [3.8, 4) is 0 Å². The van der Waals surface area contributed by atoms with Crippen molar-refractivity contribution >= 4 is 0 Å². The number of rotatable bonds is 4. The maximum absolute atomic E-state index is 11.9. The van der Waals surface area contributed by atoms with E-state index in [0.29, 0.717) is 0 Å². The first-order valence-electron chi connectivity index (χ1n) is 4.01. The zero-order chi connectivity index (χ0) is 7.61. The van der Waals surface area contributed by atoms with Crippen LogP contribution in [0.25, 0.3) is 0 Å². The van der Waals surface area contributed by atoms with Crippen molar-refractivity contribution in [3.63, 3.8) is 0 Å². The monoisotopic (exact) mass is 145 g/mol. The minimum Gasteiger partial charge on any atom is -0.325 e. The van der Waals surface area contributed by atoms with Crippen LogP contribution in [-0.2, 0) is 0 Å². The summed E-state index contributed by atoms with van der Waals surface area (Å²) < 4.78 is 11.9. The summed E-state index contributed by atoms with van der Waals surface area (Å²) in [7, 11) is 0. The Kier molecular flexibility index (Phi) is 2.29. The molecule has 0 spiro atoms. The Morgan fingerprint density at radius 3 is 2.60 bits per heavy atom. The molecule has 1 unspecified atom stereocenters. The highest BCUT2D eigenvalue weighted by Gasteiger charge is 2.37. The van der Waals surface area contributed by atoms with Crippen LogP contribution in [-0.4, -0.2) is 12.2 Å². The van der Waals surface area contributed by atoms with Crippen molar-refractivity contribution in [3.05, 3.63) is 0 Å². The van der Waals surface area contributed by atoms with E-state index >= 15 is 0 Å². The molecule has 0 bridgehead atoms. The van der Waals surface area contributed by atoms with Gasteiger partial charge >= 0.3 is 0 Å². The van der Waals surface area contributed by atoms with E-state index in [9.17, 15) is 4.39 Å². The highest BCUT2D eigenvalue weighted by Crippen LogP contribution is 2.37. The average Bonchev–Trinajstić information content (AvgIpc) is 2.64. The molecule has 0 radical (unpaired) electrons. The molecule has 0 aromatic carbocycles. The molecule has 0 amide bonds. The van der Waals surface area contributed by atoms with E-state index in [1.54, 1.807) is 0 Å². The first-order chi connectivity index (χ1) is 4.66. The number of hydrogen-bond donors (Lipinski definition) is 1. The van der Waals surface area contributed by atoms with Crippen molar-refractivity contribution in [2.45, 2.75) is 38.1 Å². The fraction of sp³-hybridized carbons (Fsp3) is 1.00. The van der Waals surface area contributed by atoms with Gasteiger partial charge in [0.25, 0.3) is 0 Å². The van der Waals surface area contributed by atoms with Crippen LogP contribution in [0.3, 0.4) is 0 Å². The molecule has 1 rings (SSSR count). The maximum atomic E-state index is 11.9. The number of nitrogens with two attached hydrogens (primary N) is 1. The van der Waals surface area contributed by atoms with Gasteiger partial charge in [0.15, 0.2) is 0 Å². The predicted molar refractivity (Wildman–Crippen MR) is 40.5 cm³/mol. The van der Waals surface area contributed by atoms with Crippen molar-refractivity contribution in [1.29, 1.82) is 0 Å². The second-order valence-corrected chi connectivity index (χ2v) is 3.66. The minimum atomic E-state index is -0.198. The molecule has 2 heteroatoms. The summed E-state index contributed by atoms with van der Waals surface area (Å²) in [6, 6.07) is 0. The maximum Gasteiger partial charge on any atom is 0.0919 e. The summed E-state index contributed by atoms with van der Waals surface area (Å²) in [6.07, 6.45) is 4.25. The predicted octanol–water partition coefficient (Wildman–Crippen LogP) is 1.86. The Balaban J connectivity index is 2.04. The van der Waals surface area contributed by atoms with Gasteiger partial charge in [0.1, 0.15) is 0 Å². The van der Waals surface area contributed by atoms with Gasteiger partial charge in [-0.2, -0.15) is 0 Å². The molecule has 60 valence electrons. The molecule has 1 nitrogen and oxygen atoms in total. The molecule has 10 heavy (non-hydrogen) atoms. The van der Waals surface area contributed by atoms with Gasteiger partial charge in [0, 0.05) is 5.54 Å². The van der Waals surface area contributed by atoms with E-state index in [0.717, 1.165) is 25.7 Å². The van der Waals surface area contributed by atoms with Crippen LogP contribution in [0.15, 0.2) is 0 Å². The molecule has 1 fully saturated rings. The van der Waals surface area contributed by atoms with E-state index < -0.39 is 0 Å². The highest BCUT2D eigenvalue weighted by molar-refractivity contribution is 4.98. The quantitative estimate of drug-likeness (QED) is 0.642. The van der Waals surface area contributed by atoms with Crippen molar-refractivity contribution in [2.24, 2.45) is 11.7 Å². The lowest BCUT2D eigenvalue weighted by Crippen LogP contribution is -2.22. The summed E-state index contributed by atoms with van der Waals surface area (Å²) in [5.74, 6) is 0.209. The number of alkyl halides is 1. The third-order valence-electron chi connectivity index (χ3n) is 2.29. The minimum absolute atomic E-state index is 0.115. The van der Waals surface area contributed by atoms with Crippen LogP contribution < -0.4 is 5.73 Å². The van der Waals surface area contributed by atoms with Gasteiger partial charge < -0.3 is 5.73 Å². The smallest absolute Gasteiger partial charge is 0.0919 e. The van der Waals surface area contributed by atoms with Gasteiger partial charge in [-0.1, -0.05) is 6.92 Å². The zero-order valence-electron chi connectivity index (χ0n) is 6.57. The lowest BCUT2D eigenvalue weighted by Gasteiger charge is -2.10. The van der Waals surface area contributed by atoms with Gasteiger partial charge in [-0.25, -0.2) is 0 Å². The van der Waals surface area contributed by atoms with Gasteiger partial charge in [0.2, 0.25) is 0 Å². The molecule has 1 atom stereocenters. The summed E-state index contributed by atoms with van der Waals surface area (Å²) >= 11 is 0. The Labute approximate surface area is 61.8 Å². The van der Waals surface area contributed by atoms with Crippen molar-refractivity contribution in [1.82, 2.24) is 0 Å². The molecule has 1 aliphatic carbocycles. The Morgan fingerprint density at radius 1 is 1.60 bits per heavy atom. The van der Waals surface area contributed by atoms with Gasteiger partial charge in [-0.3, -0.25) is 4.39 Å².